The van der Waals surface area contributed by atoms with Gasteiger partial charge in [-0.3, -0.25) is 4.99 Å². The quantitative estimate of drug-likeness (QED) is 0.308. The van der Waals surface area contributed by atoms with Crippen LogP contribution in [-0.2, 0) is 0 Å². The fourth-order valence-corrected chi connectivity index (χ4v) is 2.57. The Morgan fingerprint density at radius 2 is 1.71 bits per heavy atom. The van der Waals surface area contributed by atoms with Crippen LogP contribution in [0.2, 0.25) is 0 Å². The maximum atomic E-state index is 4.17. The van der Waals surface area contributed by atoms with Gasteiger partial charge in [0.05, 0.1) is 0 Å². The first-order chi connectivity index (χ1) is 6.23. The minimum atomic E-state index is -0.569. The number of hydrogen-bond acceptors (Lipinski definition) is 3. The normalized spacial score (nSPS) is 18.4. The lowest BCUT2D eigenvalue weighted by atomic mass is 10.5. The van der Waals surface area contributed by atoms with Crippen LogP contribution in [0.15, 0.2) is 9.98 Å². The zero-order valence-electron chi connectivity index (χ0n) is 6.39. The molecule has 1 aliphatic heterocycles. The van der Waals surface area contributed by atoms with E-state index in [0.29, 0.717) is 6.67 Å². The van der Waals surface area contributed by atoms with Gasteiger partial charge in [-0.05, 0) is 47.8 Å². The van der Waals surface area contributed by atoms with E-state index in [4.69, 9.17) is 0 Å². The van der Waals surface area contributed by atoms with Crippen LogP contribution in [0.25, 0.3) is 0 Å². The molecule has 0 saturated heterocycles. The van der Waals surface area contributed by atoms with Gasteiger partial charge in [0.1, 0.15) is 18.8 Å². The van der Waals surface area contributed by atoms with Crippen molar-refractivity contribution in [3.8, 4) is 0 Å². The van der Waals surface area contributed by atoms with E-state index < -0.39 is 4.41 Å². The Morgan fingerprint density at radius 3 is 2.07 bits per heavy atom. The topological polar surface area (TPSA) is 28.0 Å². The minimum absolute atomic E-state index is 0.491. The van der Waals surface area contributed by atoms with Crippen molar-refractivity contribution in [2.45, 2.75) is 4.41 Å². The summed E-state index contributed by atoms with van der Waals surface area (Å²) in [7, 11) is 0. The molecule has 3 nitrogen and oxygen atoms in total. The van der Waals surface area contributed by atoms with Crippen LogP contribution in [0.4, 0.5) is 0 Å². The molecule has 0 fully saturated rings. The molecule has 9 heteroatoms. The van der Waals surface area contributed by atoms with Crippen LogP contribution in [0.5, 0.6) is 0 Å². The predicted octanol–water partition coefficient (Wildman–Crippen LogP) is 4.32. The van der Waals surface area contributed by atoms with E-state index in [-0.39, 0.29) is 0 Å². The van der Waals surface area contributed by atoms with Crippen LogP contribution in [0.3, 0.4) is 0 Å². The Labute approximate surface area is 132 Å². The number of aliphatic imine (C=N–C) groups is 2. The van der Waals surface area contributed by atoms with Crippen molar-refractivity contribution < 1.29 is 0 Å². The Hall–Kier alpha value is 2.02. The molecule has 0 aromatic heterocycles. The third kappa shape index (κ3) is 3.80. The van der Waals surface area contributed by atoms with Crippen molar-refractivity contribution >= 4 is 108 Å². The summed E-state index contributed by atoms with van der Waals surface area (Å²) in [5.74, 6) is 0.734. The highest BCUT2D eigenvalue weighted by Crippen LogP contribution is 2.44. The van der Waals surface area contributed by atoms with E-state index in [1.165, 1.54) is 6.34 Å². The zero-order chi connectivity index (χ0) is 11.0. The molecule has 0 saturated carbocycles. The van der Waals surface area contributed by atoms with Crippen molar-refractivity contribution in [2.24, 2.45) is 9.98 Å². The average molecular weight is 585 g/mol. The maximum Gasteiger partial charge on any atom is 0.209 e. The second-order valence-corrected chi connectivity index (χ2v) is 15.7. The van der Waals surface area contributed by atoms with E-state index in [9.17, 15) is 0 Å². The van der Waals surface area contributed by atoms with Gasteiger partial charge in [-0.1, -0.05) is 47.8 Å². The molecule has 1 aliphatic rings. The van der Waals surface area contributed by atoms with Crippen molar-refractivity contribution in [2.75, 3.05) is 6.67 Å². The van der Waals surface area contributed by atoms with Gasteiger partial charge in [-0.2, -0.15) is 0 Å². The summed E-state index contributed by atoms with van der Waals surface area (Å²) in [5, 5.41) is 0. The molecule has 0 N–H and O–H groups in total. The van der Waals surface area contributed by atoms with Gasteiger partial charge in [-0.15, -0.1) is 0 Å². The summed E-state index contributed by atoms with van der Waals surface area (Å²) in [4.78, 5) is 10.1. The fraction of sp³-hybridized carbons (Fsp3) is 0.600. The summed E-state index contributed by atoms with van der Waals surface area (Å²) >= 11 is 20.5. The number of hydrogen-bond donors (Lipinski definition) is 0. The molecule has 0 radical (unpaired) electrons. The summed E-state index contributed by atoms with van der Waals surface area (Å²) < 4.78 is -1.13. The number of halogens is 6. The number of alkyl halides is 6. The van der Waals surface area contributed by atoms with Gasteiger partial charge in [0.15, 0.2) is 2.14 Å². The van der Waals surface area contributed by atoms with E-state index in [2.05, 4.69) is 106 Å². The highest BCUT2D eigenvalue weighted by molar-refractivity contribution is 9.40. The van der Waals surface area contributed by atoms with Gasteiger partial charge in [-0.25, -0.2) is 4.99 Å². The second kappa shape index (κ2) is 5.12. The predicted molar refractivity (Wildman–Crippen MR) is 81.7 cm³/mol. The number of rotatable bonds is 0. The minimum Gasteiger partial charge on any atom is -0.304 e. The van der Waals surface area contributed by atoms with Crippen LogP contribution in [0, 0.1) is 0 Å². The zero-order valence-corrected chi connectivity index (χ0v) is 15.9. The number of nitrogens with zero attached hydrogens (tertiary/aromatic N) is 3. The highest BCUT2D eigenvalue weighted by Gasteiger charge is 2.39. The Morgan fingerprint density at radius 1 is 1.14 bits per heavy atom. The second-order valence-electron chi connectivity index (χ2n) is 2.29. The van der Waals surface area contributed by atoms with Crippen LogP contribution in [0.1, 0.15) is 0 Å². The molecule has 0 amide bonds. The third-order valence-corrected chi connectivity index (χ3v) is 3.65. The molecule has 0 spiro atoms. The lowest BCUT2D eigenvalue weighted by Crippen LogP contribution is -2.46. The monoisotopic (exact) mass is 579 g/mol. The van der Waals surface area contributed by atoms with E-state index in [0.717, 1.165) is 5.84 Å². The molecule has 1 rings (SSSR count). The third-order valence-electron chi connectivity index (χ3n) is 1.30. The molecule has 0 unspecified atom stereocenters. The van der Waals surface area contributed by atoms with Gasteiger partial charge in [0.2, 0.25) is 2.27 Å². The fourth-order valence-electron chi connectivity index (χ4n) is 0.777. The van der Waals surface area contributed by atoms with Crippen LogP contribution in [-0.4, -0.2) is 28.2 Å². The molecule has 80 valence electrons. The summed E-state index contributed by atoms with van der Waals surface area (Å²) in [5.41, 5.74) is 0. The van der Waals surface area contributed by atoms with Gasteiger partial charge >= 0.3 is 0 Å². The molecule has 0 aromatic rings. The molecular formula is C5H3Br6N3. The Balaban J connectivity index is 3.00. The lowest BCUT2D eigenvalue weighted by molar-refractivity contribution is 0.465. The molecule has 0 aromatic carbocycles. The van der Waals surface area contributed by atoms with E-state index >= 15 is 0 Å². The van der Waals surface area contributed by atoms with Gasteiger partial charge in [0.25, 0.3) is 0 Å². The standard InChI is InChI=1S/C5H3Br6N3/c6-4(7,8)3-13-1-12-2-14(3)5(9,10)11/h1H,2H2. The van der Waals surface area contributed by atoms with Crippen molar-refractivity contribution in [1.29, 1.82) is 0 Å². The van der Waals surface area contributed by atoms with Crippen molar-refractivity contribution in [1.82, 2.24) is 4.90 Å². The average Bonchev–Trinajstić information content (AvgIpc) is 2.01. The Kier molecular flexibility index (Phi) is 5.15. The molecule has 14 heavy (non-hydrogen) atoms. The first kappa shape index (κ1) is 14.1. The SMILES string of the molecule is BrC(Br)(Br)C1=NC=NCN1C(Br)(Br)Br. The van der Waals surface area contributed by atoms with Gasteiger partial charge < -0.3 is 4.90 Å². The van der Waals surface area contributed by atoms with E-state index in [1.807, 2.05) is 4.90 Å². The van der Waals surface area contributed by atoms with Crippen LogP contribution < -0.4 is 0 Å². The molecule has 0 atom stereocenters. The van der Waals surface area contributed by atoms with E-state index in [1.54, 1.807) is 0 Å². The highest BCUT2D eigenvalue weighted by atomic mass is 80.0. The smallest absolute Gasteiger partial charge is 0.209 e. The lowest BCUT2D eigenvalue weighted by Gasteiger charge is -2.36. The van der Waals surface area contributed by atoms with Gasteiger partial charge in [0, 0.05) is 0 Å². The first-order valence-corrected chi connectivity index (χ1v) is 7.96. The maximum absolute atomic E-state index is 4.17. The molecular weight excluding hydrogens is 582 g/mol. The first-order valence-electron chi connectivity index (χ1n) is 3.20. The molecule has 1 heterocycles. The van der Waals surface area contributed by atoms with Crippen molar-refractivity contribution in [3.05, 3.63) is 0 Å². The summed E-state index contributed by atoms with van der Waals surface area (Å²) in [6.45, 7) is 0.491. The largest absolute Gasteiger partial charge is 0.304 e. The summed E-state index contributed by atoms with van der Waals surface area (Å²) in [6, 6.07) is 0. The molecule has 0 aliphatic carbocycles. The molecule has 0 bridgehead atoms. The van der Waals surface area contributed by atoms with Crippen molar-refractivity contribution in [3.63, 3.8) is 0 Å². The Bertz CT molecular complexity index is 274. The number of amidine groups is 1. The summed E-state index contributed by atoms with van der Waals surface area (Å²) in [6.07, 6.45) is 1.52. The van der Waals surface area contributed by atoms with Crippen LogP contribution >= 0.6 is 95.6 Å².